The number of benzene rings is 1. The minimum atomic E-state index is 0.0888. The number of hydrogen-bond acceptors (Lipinski definition) is 6. The highest BCUT2D eigenvalue weighted by Gasteiger charge is 2.21. The van der Waals surface area contributed by atoms with Gasteiger partial charge < -0.3 is 10.2 Å². The van der Waals surface area contributed by atoms with Crippen LogP contribution in [0.15, 0.2) is 48.8 Å². The van der Waals surface area contributed by atoms with Crippen molar-refractivity contribution < 1.29 is 4.79 Å². The van der Waals surface area contributed by atoms with E-state index in [1.165, 1.54) is 0 Å². The van der Waals surface area contributed by atoms with Gasteiger partial charge in [-0.3, -0.25) is 14.7 Å². The summed E-state index contributed by atoms with van der Waals surface area (Å²) in [5.41, 5.74) is 1.89. The van der Waals surface area contributed by atoms with Crippen LogP contribution in [0.5, 0.6) is 0 Å². The summed E-state index contributed by atoms with van der Waals surface area (Å²) in [6, 6.07) is 12.2. The van der Waals surface area contributed by atoms with Crippen LogP contribution >= 0.6 is 0 Å². The van der Waals surface area contributed by atoms with E-state index in [0.717, 1.165) is 54.9 Å². The average Bonchev–Trinajstić information content (AvgIpc) is 2.98. The fourth-order valence-electron chi connectivity index (χ4n) is 3.84. The Labute approximate surface area is 177 Å². The van der Waals surface area contributed by atoms with Gasteiger partial charge in [-0.2, -0.15) is 0 Å². The van der Waals surface area contributed by atoms with E-state index in [0.29, 0.717) is 12.4 Å². The molecule has 4 rings (SSSR count). The molecule has 1 saturated heterocycles. The summed E-state index contributed by atoms with van der Waals surface area (Å²) in [4.78, 5) is 30.6. The molecule has 0 bridgehead atoms. The van der Waals surface area contributed by atoms with Crippen molar-refractivity contribution in [1.29, 1.82) is 0 Å². The normalized spacial score (nSPS) is 15.4. The molecule has 1 aliphatic rings. The number of amides is 1. The molecule has 0 unspecified atom stereocenters. The molecule has 0 saturated carbocycles. The van der Waals surface area contributed by atoms with Gasteiger partial charge in [-0.15, -0.1) is 0 Å². The standard InChI is InChI=1S/C23H28N6O/c1-17(2)25-21(30)16-28-12-5-13-29(15-14-28)23-19-6-3-4-7-20(19)26-22(27-23)18-8-10-24-11-9-18/h3-4,6-11,17H,5,12-16H2,1-2H3,(H,25,30). The quantitative estimate of drug-likeness (QED) is 0.705. The SMILES string of the molecule is CC(C)NC(=O)CN1CCCN(c2nc(-c3ccncc3)nc3ccccc23)CC1. The van der Waals surface area contributed by atoms with Gasteiger partial charge in [-0.25, -0.2) is 9.97 Å². The first-order valence-electron chi connectivity index (χ1n) is 10.5. The second-order valence-corrected chi connectivity index (χ2v) is 7.96. The van der Waals surface area contributed by atoms with Crippen molar-refractivity contribution in [1.82, 2.24) is 25.2 Å². The van der Waals surface area contributed by atoms with E-state index in [9.17, 15) is 4.79 Å². The van der Waals surface area contributed by atoms with Crippen LogP contribution in [0, 0.1) is 0 Å². The summed E-state index contributed by atoms with van der Waals surface area (Å²) < 4.78 is 0. The zero-order valence-electron chi connectivity index (χ0n) is 17.6. The third kappa shape index (κ3) is 4.74. The predicted octanol–water partition coefficient (Wildman–Crippen LogP) is 2.73. The van der Waals surface area contributed by atoms with Gasteiger partial charge in [0.15, 0.2) is 5.82 Å². The molecule has 30 heavy (non-hydrogen) atoms. The smallest absolute Gasteiger partial charge is 0.234 e. The molecule has 0 spiro atoms. The molecular weight excluding hydrogens is 376 g/mol. The van der Waals surface area contributed by atoms with Crippen LogP contribution in [0.25, 0.3) is 22.3 Å². The molecule has 7 nitrogen and oxygen atoms in total. The van der Waals surface area contributed by atoms with Crippen LogP contribution in [0.1, 0.15) is 20.3 Å². The molecule has 3 aromatic rings. The monoisotopic (exact) mass is 404 g/mol. The molecule has 0 atom stereocenters. The van der Waals surface area contributed by atoms with Crippen molar-refractivity contribution in [2.45, 2.75) is 26.3 Å². The highest BCUT2D eigenvalue weighted by Crippen LogP contribution is 2.28. The van der Waals surface area contributed by atoms with Crippen molar-refractivity contribution >= 4 is 22.6 Å². The maximum absolute atomic E-state index is 12.2. The van der Waals surface area contributed by atoms with Crippen molar-refractivity contribution in [3.8, 4) is 11.4 Å². The first-order valence-corrected chi connectivity index (χ1v) is 10.5. The number of para-hydroxylation sites is 1. The summed E-state index contributed by atoms with van der Waals surface area (Å²) in [6.45, 7) is 7.88. The van der Waals surface area contributed by atoms with E-state index in [2.05, 4.69) is 26.2 Å². The van der Waals surface area contributed by atoms with Crippen molar-refractivity contribution in [3.63, 3.8) is 0 Å². The molecule has 1 aliphatic heterocycles. The lowest BCUT2D eigenvalue weighted by Crippen LogP contribution is -2.41. The first-order chi connectivity index (χ1) is 14.6. The van der Waals surface area contributed by atoms with Crippen LogP contribution in [-0.2, 0) is 4.79 Å². The summed E-state index contributed by atoms with van der Waals surface area (Å²) in [7, 11) is 0. The minimum absolute atomic E-state index is 0.0888. The summed E-state index contributed by atoms with van der Waals surface area (Å²) in [6.07, 6.45) is 4.51. The number of aromatic nitrogens is 3. The summed E-state index contributed by atoms with van der Waals surface area (Å²) in [5, 5.41) is 4.04. The molecule has 1 N–H and O–H groups in total. The molecule has 0 radical (unpaired) electrons. The van der Waals surface area contributed by atoms with Crippen LogP contribution in [-0.4, -0.2) is 64.5 Å². The Hall–Kier alpha value is -3.06. The Morgan fingerprint density at radius 1 is 1.03 bits per heavy atom. The van der Waals surface area contributed by atoms with E-state index >= 15 is 0 Å². The molecule has 1 aromatic carbocycles. The minimum Gasteiger partial charge on any atom is -0.355 e. The van der Waals surface area contributed by atoms with Crippen LogP contribution in [0.2, 0.25) is 0 Å². The molecule has 156 valence electrons. The molecule has 2 aromatic heterocycles. The van der Waals surface area contributed by atoms with Crippen molar-refractivity contribution in [2.24, 2.45) is 0 Å². The Balaban J connectivity index is 1.59. The molecule has 7 heteroatoms. The number of nitrogens with zero attached hydrogens (tertiary/aromatic N) is 5. The molecule has 1 fully saturated rings. The number of carbonyl (C=O) groups is 1. The largest absolute Gasteiger partial charge is 0.355 e. The highest BCUT2D eigenvalue weighted by atomic mass is 16.2. The van der Waals surface area contributed by atoms with Gasteiger partial charge >= 0.3 is 0 Å². The first kappa shape index (κ1) is 20.2. The lowest BCUT2D eigenvalue weighted by Gasteiger charge is -2.24. The Morgan fingerprint density at radius 2 is 1.83 bits per heavy atom. The Bertz CT molecular complexity index is 1010. The van der Waals surface area contributed by atoms with Crippen LogP contribution in [0.4, 0.5) is 5.82 Å². The van der Waals surface area contributed by atoms with Gasteiger partial charge in [0.1, 0.15) is 5.82 Å². The number of anilines is 1. The summed E-state index contributed by atoms with van der Waals surface area (Å²) in [5.74, 6) is 1.76. The Kier molecular flexibility index (Phi) is 6.18. The lowest BCUT2D eigenvalue weighted by atomic mass is 10.2. The molecule has 1 amide bonds. The molecule has 0 aliphatic carbocycles. The topological polar surface area (TPSA) is 74.2 Å². The van der Waals surface area contributed by atoms with E-state index in [4.69, 9.17) is 9.97 Å². The van der Waals surface area contributed by atoms with Gasteiger partial charge in [-0.1, -0.05) is 12.1 Å². The lowest BCUT2D eigenvalue weighted by molar-refractivity contribution is -0.122. The second-order valence-electron chi connectivity index (χ2n) is 7.96. The van der Waals surface area contributed by atoms with E-state index in [1.807, 2.05) is 44.2 Å². The third-order valence-corrected chi connectivity index (χ3v) is 5.23. The van der Waals surface area contributed by atoms with Gasteiger partial charge in [0.2, 0.25) is 5.91 Å². The fourth-order valence-corrected chi connectivity index (χ4v) is 3.84. The highest BCUT2D eigenvalue weighted by molar-refractivity contribution is 5.91. The second kappa shape index (κ2) is 9.17. The van der Waals surface area contributed by atoms with Gasteiger partial charge in [0.05, 0.1) is 12.1 Å². The van der Waals surface area contributed by atoms with Crippen molar-refractivity contribution in [2.75, 3.05) is 37.6 Å². The number of pyridine rings is 1. The Morgan fingerprint density at radius 3 is 2.63 bits per heavy atom. The number of rotatable bonds is 5. The molecular formula is C23H28N6O. The fraction of sp³-hybridized carbons (Fsp3) is 0.391. The van der Waals surface area contributed by atoms with Gasteiger partial charge in [0, 0.05) is 55.6 Å². The zero-order chi connectivity index (χ0) is 20.9. The van der Waals surface area contributed by atoms with Crippen molar-refractivity contribution in [3.05, 3.63) is 48.8 Å². The number of hydrogen-bond donors (Lipinski definition) is 1. The predicted molar refractivity (Wildman–Crippen MR) is 119 cm³/mol. The van der Waals surface area contributed by atoms with E-state index in [-0.39, 0.29) is 11.9 Å². The van der Waals surface area contributed by atoms with Gasteiger partial charge in [-0.05, 0) is 44.5 Å². The third-order valence-electron chi connectivity index (χ3n) is 5.23. The van der Waals surface area contributed by atoms with E-state index in [1.54, 1.807) is 12.4 Å². The zero-order valence-corrected chi connectivity index (χ0v) is 17.6. The number of fused-ring (bicyclic) bond motifs is 1. The number of carbonyl (C=O) groups excluding carboxylic acids is 1. The van der Waals surface area contributed by atoms with E-state index < -0.39 is 0 Å². The number of nitrogens with one attached hydrogen (secondary N) is 1. The molecule has 3 heterocycles. The van der Waals surface area contributed by atoms with Gasteiger partial charge in [0.25, 0.3) is 0 Å². The van der Waals surface area contributed by atoms with Crippen LogP contribution in [0.3, 0.4) is 0 Å². The maximum atomic E-state index is 12.2. The summed E-state index contributed by atoms with van der Waals surface area (Å²) >= 11 is 0. The maximum Gasteiger partial charge on any atom is 0.234 e. The van der Waals surface area contributed by atoms with Crippen LogP contribution < -0.4 is 10.2 Å². The average molecular weight is 405 g/mol.